The lowest BCUT2D eigenvalue weighted by Crippen LogP contribution is -2.42. The summed E-state index contributed by atoms with van der Waals surface area (Å²) in [6.07, 6.45) is -4.35. The number of ether oxygens (including phenoxy) is 1. The van der Waals surface area contributed by atoms with Gasteiger partial charge in [0, 0.05) is 4.88 Å². The number of carbonyl (C=O) groups is 1. The molecule has 2 N–H and O–H groups in total. The van der Waals surface area contributed by atoms with E-state index in [1.165, 1.54) is 24.3 Å². The second-order valence-electron chi connectivity index (χ2n) is 5.68. The molecule has 2 aromatic rings. The summed E-state index contributed by atoms with van der Waals surface area (Å²) >= 11 is 0.886. The Morgan fingerprint density at radius 1 is 1.15 bits per heavy atom. The summed E-state index contributed by atoms with van der Waals surface area (Å²) in [6.45, 7) is 0. The number of thiophene rings is 1. The highest BCUT2D eigenvalue weighted by Crippen LogP contribution is 2.39. The maximum absolute atomic E-state index is 12.3. The smallest absolute Gasteiger partial charge is 0.480 e. The van der Waals surface area contributed by atoms with Gasteiger partial charge in [0.1, 0.15) is 15.5 Å². The van der Waals surface area contributed by atoms with Gasteiger partial charge in [-0.25, -0.2) is 8.42 Å². The summed E-state index contributed by atoms with van der Waals surface area (Å²) in [6, 6.07) is 7.81. The molecule has 1 heterocycles. The zero-order valence-corrected chi connectivity index (χ0v) is 14.5. The average Bonchev–Trinajstić information content (AvgIpc) is 3.11. The lowest BCUT2D eigenvalue weighted by atomic mass is 10.2. The molecule has 1 aromatic heterocycles. The predicted molar refractivity (Wildman–Crippen MR) is 86.4 cm³/mol. The number of aliphatic carboxylic acids is 1. The summed E-state index contributed by atoms with van der Waals surface area (Å²) in [5.41, 5.74) is -0.940. The Hall–Kier alpha value is -2.11. The minimum atomic E-state index is -4.79. The van der Waals surface area contributed by atoms with Crippen LogP contribution in [0.25, 0.3) is 10.4 Å². The molecule has 0 radical (unpaired) electrons. The van der Waals surface area contributed by atoms with E-state index in [0.717, 1.165) is 23.5 Å². The van der Waals surface area contributed by atoms with Crippen molar-refractivity contribution >= 4 is 27.3 Å². The number of hydrogen-bond acceptors (Lipinski definition) is 5. The van der Waals surface area contributed by atoms with Gasteiger partial charge in [0.2, 0.25) is 0 Å². The van der Waals surface area contributed by atoms with Gasteiger partial charge in [-0.2, -0.15) is 4.72 Å². The second kappa shape index (κ2) is 6.25. The topological polar surface area (TPSA) is 92.7 Å². The standard InChI is InChI=1S/C15H12F3NO5S2/c16-15(17,18)24-10-3-1-9(2-4-10)11-5-6-12(25-11)26(22,23)19-14(7-8-14)13(20)21/h1-6,19H,7-8H2,(H,20,21). The first-order valence-electron chi connectivity index (χ1n) is 7.24. The highest BCUT2D eigenvalue weighted by atomic mass is 32.2. The van der Waals surface area contributed by atoms with Crippen molar-refractivity contribution < 1.29 is 36.2 Å². The number of benzene rings is 1. The fourth-order valence-electron chi connectivity index (χ4n) is 2.23. The molecule has 0 atom stereocenters. The van der Waals surface area contributed by atoms with Gasteiger partial charge in [-0.15, -0.1) is 24.5 Å². The summed E-state index contributed by atoms with van der Waals surface area (Å²) < 4.78 is 67.1. The van der Waals surface area contributed by atoms with E-state index in [2.05, 4.69) is 9.46 Å². The minimum absolute atomic E-state index is 0.0735. The number of hydrogen-bond donors (Lipinski definition) is 2. The number of rotatable bonds is 6. The Bertz CT molecular complexity index is 931. The lowest BCUT2D eigenvalue weighted by Gasteiger charge is -2.11. The maximum Gasteiger partial charge on any atom is 0.573 e. The van der Waals surface area contributed by atoms with E-state index in [0.29, 0.717) is 10.4 Å². The van der Waals surface area contributed by atoms with Gasteiger partial charge in [0.25, 0.3) is 10.0 Å². The van der Waals surface area contributed by atoms with Crippen LogP contribution in [0.1, 0.15) is 12.8 Å². The van der Waals surface area contributed by atoms with Crippen LogP contribution >= 0.6 is 11.3 Å². The number of alkyl halides is 3. The first-order chi connectivity index (χ1) is 12.0. The van der Waals surface area contributed by atoms with E-state index in [4.69, 9.17) is 5.11 Å². The molecule has 1 aliphatic rings. The molecular formula is C15H12F3NO5S2. The third-order valence-electron chi connectivity index (χ3n) is 3.71. The monoisotopic (exact) mass is 407 g/mol. The first kappa shape index (κ1) is 18.7. The Labute approximate surface area is 150 Å². The Morgan fingerprint density at radius 2 is 1.77 bits per heavy atom. The molecule has 11 heteroatoms. The first-order valence-corrected chi connectivity index (χ1v) is 9.54. The molecule has 6 nitrogen and oxygen atoms in total. The van der Waals surface area contributed by atoms with Crippen LogP contribution in [-0.4, -0.2) is 31.4 Å². The van der Waals surface area contributed by atoms with E-state index < -0.39 is 27.9 Å². The van der Waals surface area contributed by atoms with Crippen molar-refractivity contribution in [3.8, 4) is 16.2 Å². The van der Waals surface area contributed by atoms with Crippen molar-refractivity contribution in [1.82, 2.24) is 4.72 Å². The van der Waals surface area contributed by atoms with E-state index in [1.807, 2.05) is 0 Å². The number of carboxylic acid groups (broad SMARTS) is 1. The highest BCUT2D eigenvalue weighted by Gasteiger charge is 2.53. The van der Waals surface area contributed by atoms with Crippen LogP contribution < -0.4 is 9.46 Å². The van der Waals surface area contributed by atoms with Crippen molar-refractivity contribution in [1.29, 1.82) is 0 Å². The molecule has 140 valence electrons. The number of halogens is 3. The molecule has 0 amide bonds. The molecule has 1 fully saturated rings. The van der Waals surface area contributed by atoms with Gasteiger partial charge < -0.3 is 9.84 Å². The quantitative estimate of drug-likeness (QED) is 0.767. The normalized spacial score (nSPS) is 16.3. The van der Waals surface area contributed by atoms with Crippen molar-refractivity contribution in [2.45, 2.75) is 29.0 Å². The molecular weight excluding hydrogens is 395 g/mol. The number of sulfonamides is 1. The lowest BCUT2D eigenvalue weighted by molar-refractivity contribution is -0.274. The molecule has 0 saturated heterocycles. The van der Waals surface area contributed by atoms with Crippen LogP contribution in [0.15, 0.2) is 40.6 Å². The zero-order valence-electron chi connectivity index (χ0n) is 12.9. The van der Waals surface area contributed by atoms with Crippen LogP contribution in [0.3, 0.4) is 0 Å². The van der Waals surface area contributed by atoms with Gasteiger partial charge in [-0.1, -0.05) is 0 Å². The van der Waals surface area contributed by atoms with E-state index in [-0.39, 0.29) is 22.8 Å². The third-order valence-corrected chi connectivity index (χ3v) is 6.87. The second-order valence-corrected chi connectivity index (χ2v) is 8.68. The van der Waals surface area contributed by atoms with Gasteiger partial charge in [-0.05, 0) is 54.8 Å². The van der Waals surface area contributed by atoms with Crippen molar-refractivity contribution in [2.75, 3.05) is 0 Å². The molecule has 1 aliphatic carbocycles. The molecule has 3 rings (SSSR count). The van der Waals surface area contributed by atoms with Gasteiger partial charge >= 0.3 is 12.3 Å². The predicted octanol–water partition coefficient (Wildman–Crippen LogP) is 3.21. The average molecular weight is 407 g/mol. The Morgan fingerprint density at radius 3 is 2.27 bits per heavy atom. The van der Waals surface area contributed by atoms with E-state index in [9.17, 15) is 26.4 Å². The molecule has 0 aliphatic heterocycles. The van der Waals surface area contributed by atoms with Crippen molar-refractivity contribution in [2.24, 2.45) is 0 Å². The fraction of sp³-hybridized carbons (Fsp3) is 0.267. The maximum atomic E-state index is 12.3. The van der Waals surface area contributed by atoms with Crippen molar-refractivity contribution in [3.05, 3.63) is 36.4 Å². The zero-order chi connectivity index (χ0) is 19.2. The summed E-state index contributed by atoms with van der Waals surface area (Å²) in [5, 5.41) is 9.09. The molecule has 1 aromatic carbocycles. The van der Waals surface area contributed by atoms with E-state index >= 15 is 0 Å². The molecule has 0 spiro atoms. The van der Waals surface area contributed by atoms with Crippen LogP contribution in [-0.2, 0) is 14.8 Å². The van der Waals surface area contributed by atoms with Gasteiger partial charge in [0.15, 0.2) is 0 Å². The summed E-state index contributed by atoms with van der Waals surface area (Å²) in [7, 11) is -4.01. The van der Waals surface area contributed by atoms with Crippen LogP contribution in [0, 0.1) is 0 Å². The van der Waals surface area contributed by atoms with Crippen LogP contribution in [0.2, 0.25) is 0 Å². The van der Waals surface area contributed by atoms with E-state index in [1.54, 1.807) is 0 Å². The Kier molecular flexibility index (Phi) is 4.49. The highest BCUT2D eigenvalue weighted by molar-refractivity contribution is 7.91. The summed E-state index contributed by atoms with van der Waals surface area (Å²) in [4.78, 5) is 11.6. The fourth-order valence-corrected chi connectivity index (χ4v) is 4.96. The van der Waals surface area contributed by atoms with Crippen molar-refractivity contribution in [3.63, 3.8) is 0 Å². The largest absolute Gasteiger partial charge is 0.573 e. The number of carboxylic acids is 1. The Balaban J connectivity index is 1.78. The van der Waals surface area contributed by atoms with Crippen LogP contribution in [0.5, 0.6) is 5.75 Å². The molecule has 0 unspecified atom stereocenters. The SMILES string of the molecule is O=C(O)C1(NS(=O)(=O)c2ccc(-c3ccc(OC(F)(F)F)cc3)s2)CC1. The van der Waals surface area contributed by atoms with Crippen LogP contribution in [0.4, 0.5) is 13.2 Å². The third kappa shape index (κ3) is 4.00. The molecule has 1 saturated carbocycles. The van der Waals surface area contributed by atoms with Gasteiger partial charge in [-0.3, -0.25) is 4.79 Å². The minimum Gasteiger partial charge on any atom is -0.480 e. The number of nitrogens with one attached hydrogen (secondary N) is 1. The molecule has 26 heavy (non-hydrogen) atoms. The molecule has 0 bridgehead atoms. The summed E-state index contributed by atoms with van der Waals surface area (Å²) in [5.74, 6) is -1.61. The van der Waals surface area contributed by atoms with Gasteiger partial charge in [0.05, 0.1) is 0 Å².